The first-order chi connectivity index (χ1) is 8.63. The molecule has 5 nitrogen and oxygen atoms in total. The molecule has 18 heavy (non-hydrogen) atoms. The van der Waals surface area contributed by atoms with Gasteiger partial charge < -0.3 is 15.4 Å². The Morgan fingerprint density at radius 2 is 2.22 bits per heavy atom. The van der Waals surface area contributed by atoms with E-state index in [1.165, 1.54) is 0 Å². The van der Waals surface area contributed by atoms with E-state index >= 15 is 0 Å². The normalized spacial score (nSPS) is 23.4. The third kappa shape index (κ3) is 5.49. The second kappa shape index (κ2) is 8.08. The van der Waals surface area contributed by atoms with Crippen molar-refractivity contribution in [2.75, 3.05) is 19.7 Å². The summed E-state index contributed by atoms with van der Waals surface area (Å²) in [6.45, 7) is 5.76. The van der Waals surface area contributed by atoms with E-state index < -0.39 is 0 Å². The number of hydrogen-bond donors (Lipinski definition) is 2. The van der Waals surface area contributed by atoms with Crippen molar-refractivity contribution in [3.8, 4) is 0 Å². The van der Waals surface area contributed by atoms with Gasteiger partial charge in [-0.05, 0) is 39.7 Å². The molecule has 5 heteroatoms. The van der Waals surface area contributed by atoms with Gasteiger partial charge >= 0.3 is 5.97 Å². The zero-order chi connectivity index (χ0) is 13.4. The van der Waals surface area contributed by atoms with Crippen LogP contribution in [-0.4, -0.2) is 37.6 Å². The minimum Gasteiger partial charge on any atom is -0.466 e. The summed E-state index contributed by atoms with van der Waals surface area (Å²) in [4.78, 5) is 22.9. The maximum atomic E-state index is 11.9. The van der Waals surface area contributed by atoms with Crippen molar-refractivity contribution in [3.63, 3.8) is 0 Å². The van der Waals surface area contributed by atoms with Gasteiger partial charge in [0.1, 0.15) is 0 Å². The fourth-order valence-electron chi connectivity index (χ4n) is 2.19. The molecule has 1 saturated heterocycles. The lowest BCUT2D eigenvalue weighted by atomic mass is 9.92. The lowest BCUT2D eigenvalue weighted by Crippen LogP contribution is -2.42. The van der Waals surface area contributed by atoms with Crippen molar-refractivity contribution < 1.29 is 14.3 Å². The molecule has 1 heterocycles. The average molecular weight is 256 g/mol. The molecule has 104 valence electrons. The van der Waals surface area contributed by atoms with Gasteiger partial charge in [-0.1, -0.05) is 0 Å². The van der Waals surface area contributed by atoms with E-state index in [1.54, 1.807) is 6.92 Å². The number of hydrogen-bond acceptors (Lipinski definition) is 4. The first-order valence-electron chi connectivity index (χ1n) is 6.80. The molecule has 0 saturated carbocycles. The fourth-order valence-corrected chi connectivity index (χ4v) is 2.19. The molecule has 0 spiro atoms. The summed E-state index contributed by atoms with van der Waals surface area (Å²) >= 11 is 0. The highest BCUT2D eigenvalue weighted by Crippen LogP contribution is 2.15. The Hall–Kier alpha value is -1.10. The number of nitrogens with one attached hydrogen (secondary N) is 2. The summed E-state index contributed by atoms with van der Waals surface area (Å²) in [6.07, 6.45) is 2.81. The second-order valence-electron chi connectivity index (χ2n) is 4.78. The SMILES string of the molecule is CCOC(=O)CCCNC(=O)C1CCNC(C)C1. The molecule has 0 aromatic carbocycles. The van der Waals surface area contributed by atoms with E-state index in [9.17, 15) is 9.59 Å². The van der Waals surface area contributed by atoms with Gasteiger partial charge in [0.05, 0.1) is 6.61 Å². The minimum atomic E-state index is -0.192. The maximum absolute atomic E-state index is 11.9. The molecule has 0 bridgehead atoms. The van der Waals surface area contributed by atoms with E-state index in [2.05, 4.69) is 17.6 Å². The van der Waals surface area contributed by atoms with Gasteiger partial charge in [0.25, 0.3) is 0 Å². The Morgan fingerprint density at radius 3 is 2.89 bits per heavy atom. The summed E-state index contributed by atoms with van der Waals surface area (Å²) in [7, 11) is 0. The molecule has 0 aromatic rings. The fraction of sp³-hybridized carbons (Fsp3) is 0.846. The molecular weight excluding hydrogens is 232 g/mol. The van der Waals surface area contributed by atoms with Crippen LogP contribution in [0.1, 0.15) is 39.5 Å². The monoisotopic (exact) mass is 256 g/mol. The van der Waals surface area contributed by atoms with E-state index in [0.717, 1.165) is 19.4 Å². The summed E-state index contributed by atoms with van der Waals surface area (Å²) in [6, 6.07) is 0.411. The standard InChI is InChI=1S/C13H24N2O3/c1-3-18-12(16)5-4-7-15-13(17)11-6-8-14-10(2)9-11/h10-11,14H,3-9H2,1-2H3,(H,15,17). The quantitative estimate of drug-likeness (QED) is 0.546. The highest BCUT2D eigenvalue weighted by atomic mass is 16.5. The molecule has 1 rings (SSSR count). The van der Waals surface area contributed by atoms with Crippen LogP contribution in [-0.2, 0) is 14.3 Å². The molecule has 1 aliphatic heterocycles. The van der Waals surface area contributed by atoms with Gasteiger partial charge in [-0.15, -0.1) is 0 Å². The summed E-state index contributed by atoms with van der Waals surface area (Å²) in [5.74, 6) is 0.0401. The zero-order valence-electron chi connectivity index (χ0n) is 11.3. The number of piperidine rings is 1. The Kier molecular flexibility index (Phi) is 6.72. The van der Waals surface area contributed by atoms with Crippen LogP contribution in [0.15, 0.2) is 0 Å². The van der Waals surface area contributed by atoms with Crippen LogP contribution < -0.4 is 10.6 Å². The first-order valence-corrected chi connectivity index (χ1v) is 6.80. The van der Waals surface area contributed by atoms with Gasteiger partial charge in [-0.2, -0.15) is 0 Å². The van der Waals surface area contributed by atoms with Crippen LogP contribution in [0.2, 0.25) is 0 Å². The molecule has 0 radical (unpaired) electrons. The van der Waals surface area contributed by atoms with E-state index in [0.29, 0.717) is 32.0 Å². The Balaban J connectivity index is 2.11. The predicted octanol–water partition coefficient (Wildman–Crippen LogP) is 0.834. The van der Waals surface area contributed by atoms with Gasteiger partial charge in [-0.25, -0.2) is 0 Å². The molecule has 1 amide bonds. The van der Waals surface area contributed by atoms with Gasteiger partial charge in [0.2, 0.25) is 5.91 Å². The van der Waals surface area contributed by atoms with Crippen LogP contribution in [0.4, 0.5) is 0 Å². The van der Waals surface area contributed by atoms with Crippen molar-refractivity contribution in [1.82, 2.24) is 10.6 Å². The lowest BCUT2D eigenvalue weighted by molar-refractivity contribution is -0.143. The Labute approximate surface area is 109 Å². The third-order valence-electron chi connectivity index (χ3n) is 3.16. The molecule has 1 fully saturated rings. The van der Waals surface area contributed by atoms with E-state index in [-0.39, 0.29) is 17.8 Å². The van der Waals surface area contributed by atoms with Gasteiger partial charge in [-0.3, -0.25) is 9.59 Å². The van der Waals surface area contributed by atoms with Crippen LogP contribution in [0.5, 0.6) is 0 Å². The number of amides is 1. The van der Waals surface area contributed by atoms with Crippen LogP contribution in [0.25, 0.3) is 0 Å². The minimum absolute atomic E-state index is 0.115. The van der Waals surface area contributed by atoms with E-state index in [1.807, 2.05) is 0 Å². The molecule has 2 atom stereocenters. The van der Waals surface area contributed by atoms with Crippen molar-refractivity contribution >= 4 is 11.9 Å². The van der Waals surface area contributed by atoms with E-state index in [4.69, 9.17) is 4.74 Å². The summed E-state index contributed by atoms with van der Waals surface area (Å²) in [5, 5.41) is 6.22. The van der Waals surface area contributed by atoms with Crippen LogP contribution in [0.3, 0.4) is 0 Å². The molecule has 1 aliphatic rings. The van der Waals surface area contributed by atoms with Crippen LogP contribution in [0, 0.1) is 5.92 Å². The number of carbonyl (C=O) groups is 2. The smallest absolute Gasteiger partial charge is 0.305 e. The summed E-state index contributed by atoms with van der Waals surface area (Å²) < 4.78 is 4.82. The molecule has 2 unspecified atom stereocenters. The number of rotatable bonds is 6. The Morgan fingerprint density at radius 1 is 1.44 bits per heavy atom. The highest BCUT2D eigenvalue weighted by molar-refractivity contribution is 5.78. The highest BCUT2D eigenvalue weighted by Gasteiger charge is 2.24. The second-order valence-corrected chi connectivity index (χ2v) is 4.78. The maximum Gasteiger partial charge on any atom is 0.305 e. The largest absolute Gasteiger partial charge is 0.466 e. The Bertz CT molecular complexity index is 281. The average Bonchev–Trinajstić information content (AvgIpc) is 2.35. The van der Waals surface area contributed by atoms with Crippen molar-refractivity contribution in [2.45, 2.75) is 45.6 Å². The van der Waals surface area contributed by atoms with Gasteiger partial charge in [0, 0.05) is 24.9 Å². The molecule has 0 aromatic heterocycles. The number of esters is 1. The summed E-state index contributed by atoms with van der Waals surface area (Å²) in [5.41, 5.74) is 0. The van der Waals surface area contributed by atoms with Crippen molar-refractivity contribution in [3.05, 3.63) is 0 Å². The zero-order valence-corrected chi connectivity index (χ0v) is 11.3. The first kappa shape index (κ1) is 15.0. The lowest BCUT2D eigenvalue weighted by Gasteiger charge is -2.27. The number of ether oxygens (including phenoxy) is 1. The van der Waals surface area contributed by atoms with Crippen molar-refractivity contribution in [1.29, 1.82) is 0 Å². The van der Waals surface area contributed by atoms with Crippen LogP contribution >= 0.6 is 0 Å². The van der Waals surface area contributed by atoms with Crippen molar-refractivity contribution in [2.24, 2.45) is 5.92 Å². The third-order valence-corrected chi connectivity index (χ3v) is 3.16. The molecular formula is C13H24N2O3. The molecule has 0 aliphatic carbocycles. The van der Waals surface area contributed by atoms with Gasteiger partial charge in [0.15, 0.2) is 0 Å². The predicted molar refractivity (Wildman–Crippen MR) is 69.1 cm³/mol. The topological polar surface area (TPSA) is 67.4 Å². The number of carbonyl (C=O) groups excluding carboxylic acids is 2. The molecule has 2 N–H and O–H groups in total.